The molecule has 0 aliphatic carbocycles. The summed E-state index contributed by atoms with van der Waals surface area (Å²) in [5.74, 6) is 0. The molecule has 2 N–H and O–H groups in total. The van der Waals surface area contributed by atoms with Gasteiger partial charge in [-0.1, -0.05) is 6.07 Å². The Balaban J connectivity index is 2.16. The van der Waals surface area contributed by atoms with Crippen LogP contribution in [-0.4, -0.2) is 18.1 Å². The van der Waals surface area contributed by atoms with Crippen molar-refractivity contribution in [2.45, 2.75) is 6.61 Å². The predicted molar refractivity (Wildman–Crippen MR) is 46.0 cm³/mol. The maximum atomic E-state index is 5.33. The van der Waals surface area contributed by atoms with Crippen molar-refractivity contribution in [3.63, 3.8) is 0 Å². The maximum absolute atomic E-state index is 5.33. The minimum atomic E-state index is 0.592. The summed E-state index contributed by atoms with van der Waals surface area (Å²) in [7, 11) is 3.61. The van der Waals surface area contributed by atoms with Crippen molar-refractivity contribution in [3.8, 4) is 0 Å². The molecule has 1 aromatic heterocycles. The molecule has 3 nitrogen and oxygen atoms in total. The lowest BCUT2D eigenvalue weighted by Crippen LogP contribution is -2.78. The van der Waals surface area contributed by atoms with Gasteiger partial charge in [0.2, 0.25) is 0 Å². The van der Waals surface area contributed by atoms with Crippen molar-refractivity contribution in [2.24, 2.45) is 0 Å². The summed E-state index contributed by atoms with van der Waals surface area (Å²) < 4.78 is 5.33. The number of aromatic nitrogens is 1. The van der Waals surface area contributed by atoms with Crippen LogP contribution in [0.3, 0.4) is 0 Å². The van der Waals surface area contributed by atoms with Gasteiger partial charge < -0.3 is 10.1 Å². The first-order chi connectivity index (χ1) is 5.93. The first kappa shape index (κ1) is 9.16. The molecule has 1 heterocycles. The topological polar surface area (TPSA) is 38.7 Å². The molecule has 0 bridgehead atoms. The zero-order chi connectivity index (χ0) is 8.65. The van der Waals surface area contributed by atoms with Crippen LogP contribution >= 0.6 is 0 Å². The van der Waals surface area contributed by atoms with Crippen LogP contribution in [0.25, 0.3) is 0 Å². The molecule has 0 aliphatic rings. The summed E-state index contributed by atoms with van der Waals surface area (Å²) >= 11 is 0. The highest BCUT2D eigenvalue weighted by molar-refractivity contribution is 5.01. The zero-order valence-corrected chi connectivity index (χ0v) is 7.07. The molecule has 66 valence electrons. The molecule has 12 heavy (non-hydrogen) atoms. The second-order valence-electron chi connectivity index (χ2n) is 2.45. The molecule has 0 aromatic carbocycles. The van der Waals surface area contributed by atoms with Gasteiger partial charge in [0.1, 0.15) is 0 Å². The van der Waals surface area contributed by atoms with Gasteiger partial charge in [-0.05, 0) is 12.1 Å². The van der Waals surface area contributed by atoms with E-state index in [1.54, 1.807) is 6.20 Å². The maximum Gasteiger partial charge on any atom is 0.0939 e. The van der Waals surface area contributed by atoms with Crippen LogP contribution in [0.4, 0.5) is 0 Å². The average molecular weight is 166 g/mol. The first-order valence-electron chi connectivity index (χ1n) is 4.02. The van der Waals surface area contributed by atoms with Gasteiger partial charge in [-0.3, -0.25) is 4.98 Å². The average Bonchev–Trinajstić information content (AvgIpc) is 2.14. The van der Waals surface area contributed by atoms with E-state index in [0.717, 1.165) is 18.8 Å². The third-order valence-electron chi connectivity index (χ3n) is 1.44. The molecule has 0 fully saturated rings. The van der Waals surface area contributed by atoms with Crippen LogP contribution in [-0.2, 0) is 11.3 Å². The molecular formula is C9H14N2O. The highest BCUT2D eigenvalue weighted by atomic mass is 16.5. The fourth-order valence-corrected chi connectivity index (χ4v) is 0.827. The van der Waals surface area contributed by atoms with Crippen molar-refractivity contribution in [1.29, 1.82) is 0 Å². The number of hydrogen-bond acceptors (Lipinski definition) is 2. The highest BCUT2D eigenvalue weighted by Crippen LogP contribution is 1.94. The molecule has 0 aliphatic heterocycles. The second-order valence-corrected chi connectivity index (χ2v) is 2.45. The molecule has 0 saturated heterocycles. The number of ether oxygens (including phenoxy) is 1. The van der Waals surface area contributed by atoms with Crippen molar-refractivity contribution in [1.82, 2.24) is 4.98 Å². The molecule has 0 spiro atoms. The Hall–Kier alpha value is -0.930. The molecule has 0 atom stereocenters. The predicted octanol–water partition coefficient (Wildman–Crippen LogP) is -0.0468. The van der Waals surface area contributed by atoms with Crippen LogP contribution in [0.1, 0.15) is 5.69 Å². The van der Waals surface area contributed by atoms with Crippen LogP contribution in [0, 0.1) is 7.05 Å². The van der Waals surface area contributed by atoms with Gasteiger partial charge in [0.15, 0.2) is 0 Å². The normalized spacial score (nSPS) is 10.1. The summed E-state index contributed by atoms with van der Waals surface area (Å²) in [6.07, 6.45) is 1.77. The van der Waals surface area contributed by atoms with Gasteiger partial charge in [-0.25, -0.2) is 0 Å². The van der Waals surface area contributed by atoms with Crippen molar-refractivity contribution in [2.75, 3.05) is 13.2 Å². The minimum absolute atomic E-state index is 0.592. The molecule has 0 radical (unpaired) electrons. The van der Waals surface area contributed by atoms with Crippen molar-refractivity contribution >= 4 is 0 Å². The largest absolute Gasteiger partial charge is 0.477 e. The fraction of sp³-hybridized carbons (Fsp3) is 0.333. The molecule has 0 unspecified atom stereocenters. The Morgan fingerprint density at radius 1 is 1.50 bits per heavy atom. The van der Waals surface area contributed by atoms with Gasteiger partial charge in [0.25, 0.3) is 0 Å². The van der Waals surface area contributed by atoms with Crippen LogP contribution in [0.2, 0.25) is 0 Å². The molecule has 1 aromatic rings. The van der Waals surface area contributed by atoms with Gasteiger partial charge in [-0.2, -0.15) is 7.05 Å². The number of nitrogens with two attached hydrogens (primary N) is 1. The lowest BCUT2D eigenvalue weighted by molar-refractivity contribution is -0.597. The van der Waals surface area contributed by atoms with Gasteiger partial charge >= 0.3 is 0 Å². The third kappa shape index (κ3) is 3.46. The molecular weight excluding hydrogens is 152 g/mol. The summed E-state index contributed by atoms with van der Waals surface area (Å²) in [4.78, 5) is 4.13. The van der Waals surface area contributed by atoms with E-state index in [2.05, 4.69) is 12.0 Å². The van der Waals surface area contributed by atoms with Crippen LogP contribution in [0.15, 0.2) is 24.4 Å². The van der Waals surface area contributed by atoms with E-state index in [-0.39, 0.29) is 0 Å². The summed E-state index contributed by atoms with van der Waals surface area (Å²) in [6.45, 7) is 2.21. The first-order valence-corrected chi connectivity index (χ1v) is 4.02. The zero-order valence-electron chi connectivity index (χ0n) is 7.07. The molecule has 1 rings (SSSR count). The summed E-state index contributed by atoms with van der Waals surface area (Å²) in [5, 5.41) is 1.85. The van der Waals surface area contributed by atoms with E-state index in [0.29, 0.717) is 6.61 Å². The number of rotatable bonds is 5. The van der Waals surface area contributed by atoms with E-state index in [4.69, 9.17) is 4.74 Å². The van der Waals surface area contributed by atoms with Crippen molar-refractivity contribution in [3.05, 3.63) is 37.1 Å². The summed E-state index contributed by atoms with van der Waals surface area (Å²) in [5.41, 5.74) is 0.974. The van der Waals surface area contributed by atoms with E-state index >= 15 is 0 Å². The number of hydrogen-bond donors (Lipinski definition) is 1. The Morgan fingerprint density at radius 3 is 3.08 bits per heavy atom. The smallest absolute Gasteiger partial charge is 0.0939 e. The second kappa shape index (κ2) is 5.69. The highest BCUT2D eigenvalue weighted by Gasteiger charge is 1.91. The number of quaternary nitrogens is 1. The Kier molecular flexibility index (Phi) is 4.34. The molecule has 0 saturated carbocycles. The quantitative estimate of drug-likeness (QED) is 0.492. The Morgan fingerprint density at radius 2 is 2.42 bits per heavy atom. The SMILES string of the molecule is [CH2-][NH2+]CCOCc1ccccn1. The van der Waals surface area contributed by atoms with Crippen LogP contribution in [0.5, 0.6) is 0 Å². The lowest BCUT2D eigenvalue weighted by Gasteiger charge is -2.02. The number of pyridine rings is 1. The van der Waals surface area contributed by atoms with Gasteiger partial charge in [0, 0.05) is 6.20 Å². The lowest BCUT2D eigenvalue weighted by atomic mass is 10.4. The van der Waals surface area contributed by atoms with Gasteiger partial charge in [0.05, 0.1) is 25.5 Å². The van der Waals surface area contributed by atoms with E-state index in [1.807, 2.05) is 23.5 Å². The standard InChI is InChI=1S/C9H14N2O/c1-10-6-7-12-8-9-4-2-3-5-11-9/h2-5H,1,6-8,10H2. The monoisotopic (exact) mass is 166 g/mol. The number of nitrogens with zero attached hydrogens (tertiary/aromatic N) is 1. The van der Waals surface area contributed by atoms with Gasteiger partial charge in [-0.15, -0.1) is 0 Å². The molecule has 3 heteroatoms. The Labute approximate surface area is 72.8 Å². The van der Waals surface area contributed by atoms with E-state index in [9.17, 15) is 0 Å². The van der Waals surface area contributed by atoms with E-state index in [1.165, 1.54) is 0 Å². The third-order valence-corrected chi connectivity index (χ3v) is 1.44. The van der Waals surface area contributed by atoms with Crippen LogP contribution < -0.4 is 5.32 Å². The summed E-state index contributed by atoms with van der Waals surface area (Å²) in [6, 6.07) is 5.81. The molecule has 0 amide bonds. The fourth-order valence-electron chi connectivity index (χ4n) is 0.827. The van der Waals surface area contributed by atoms with Crippen molar-refractivity contribution < 1.29 is 10.1 Å². The Bertz CT molecular complexity index is 201. The van der Waals surface area contributed by atoms with E-state index < -0.39 is 0 Å². The minimum Gasteiger partial charge on any atom is -0.477 e.